The van der Waals surface area contributed by atoms with Gasteiger partial charge >= 0.3 is 0 Å². The Balaban J connectivity index is 1.67. The van der Waals surface area contributed by atoms with Crippen molar-refractivity contribution in [2.24, 2.45) is 0 Å². The number of fused-ring (bicyclic) bond motifs is 1. The Kier molecular flexibility index (Phi) is 3.75. The molecule has 1 aromatic heterocycles. The first-order chi connectivity index (χ1) is 10.2. The summed E-state index contributed by atoms with van der Waals surface area (Å²) in [5, 5.41) is 2.74. The zero-order valence-electron chi connectivity index (χ0n) is 11.1. The van der Waals surface area contributed by atoms with Gasteiger partial charge in [0.1, 0.15) is 0 Å². The molecule has 0 unspecified atom stereocenters. The van der Waals surface area contributed by atoms with E-state index in [0.29, 0.717) is 11.3 Å². The molecule has 0 spiro atoms. The van der Waals surface area contributed by atoms with Crippen LogP contribution in [-0.2, 0) is 4.79 Å². The highest BCUT2D eigenvalue weighted by Gasteiger charge is 2.12. The molecule has 3 rings (SSSR count). The molecule has 0 saturated heterocycles. The molecular formula is C16H12N2O2S. The van der Waals surface area contributed by atoms with Gasteiger partial charge in [0.05, 0.1) is 22.1 Å². The second-order valence-corrected chi connectivity index (χ2v) is 5.44. The minimum absolute atomic E-state index is 0.162. The number of hydrogen-bond donors (Lipinski definition) is 1. The van der Waals surface area contributed by atoms with Crippen LogP contribution < -0.4 is 5.32 Å². The first-order valence-electron chi connectivity index (χ1n) is 6.44. The minimum atomic E-state index is -0.312. The molecule has 21 heavy (non-hydrogen) atoms. The van der Waals surface area contributed by atoms with Crippen LogP contribution in [0.3, 0.4) is 0 Å². The summed E-state index contributed by atoms with van der Waals surface area (Å²) in [4.78, 5) is 28.1. The first kappa shape index (κ1) is 13.5. The third-order valence-electron chi connectivity index (χ3n) is 3.03. The molecule has 0 aliphatic rings. The van der Waals surface area contributed by atoms with Crippen LogP contribution in [0.2, 0.25) is 0 Å². The Morgan fingerprint density at radius 2 is 1.90 bits per heavy atom. The average molecular weight is 296 g/mol. The zero-order chi connectivity index (χ0) is 14.7. The van der Waals surface area contributed by atoms with E-state index in [1.807, 2.05) is 18.2 Å². The van der Waals surface area contributed by atoms with Gasteiger partial charge in [0.25, 0.3) is 0 Å². The molecule has 0 radical (unpaired) electrons. The molecule has 0 bridgehead atoms. The lowest BCUT2D eigenvalue weighted by Crippen LogP contribution is -2.16. The van der Waals surface area contributed by atoms with Crippen LogP contribution in [0.4, 0.5) is 5.69 Å². The number of rotatable bonds is 4. The summed E-state index contributed by atoms with van der Waals surface area (Å²) in [6.07, 6.45) is -0.162. The van der Waals surface area contributed by atoms with Crippen LogP contribution in [0.25, 0.3) is 10.2 Å². The van der Waals surface area contributed by atoms with E-state index in [1.54, 1.807) is 35.8 Å². The van der Waals surface area contributed by atoms with Gasteiger partial charge in [0.15, 0.2) is 5.78 Å². The fraction of sp³-hybridized carbons (Fsp3) is 0.0625. The molecule has 3 aromatic rings. The van der Waals surface area contributed by atoms with E-state index in [9.17, 15) is 9.59 Å². The van der Waals surface area contributed by atoms with E-state index >= 15 is 0 Å². The number of hydrogen-bond acceptors (Lipinski definition) is 4. The van der Waals surface area contributed by atoms with E-state index in [2.05, 4.69) is 10.3 Å². The number of anilines is 1. The number of Topliss-reactive ketones (excluding diaryl/α,β-unsaturated/α-hetero) is 1. The smallest absolute Gasteiger partial charge is 0.232 e. The van der Waals surface area contributed by atoms with Gasteiger partial charge in [-0.15, -0.1) is 11.3 Å². The summed E-state index contributed by atoms with van der Waals surface area (Å²) in [6, 6.07) is 14.3. The van der Waals surface area contributed by atoms with Crippen molar-refractivity contribution in [3.8, 4) is 0 Å². The Labute approximate surface area is 125 Å². The Bertz CT molecular complexity index is 796. The number of carbonyl (C=O) groups excluding carboxylic acids is 2. The van der Waals surface area contributed by atoms with Gasteiger partial charge in [0.2, 0.25) is 5.91 Å². The Morgan fingerprint density at radius 1 is 1.10 bits per heavy atom. The maximum atomic E-state index is 11.9. The molecule has 0 saturated carbocycles. The maximum absolute atomic E-state index is 11.9. The van der Waals surface area contributed by atoms with Gasteiger partial charge in [-0.05, 0) is 18.2 Å². The normalized spacial score (nSPS) is 10.5. The third-order valence-corrected chi connectivity index (χ3v) is 3.82. The number of benzene rings is 2. The van der Waals surface area contributed by atoms with Gasteiger partial charge in [-0.1, -0.05) is 30.3 Å². The topological polar surface area (TPSA) is 59.1 Å². The number of amides is 1. The zero-order valence-corrected chi connectivity index (χ0v) is 11.9. The monoisotopic (exact) mass is 296 g/mol. The van der Waals surface area contributed by atoms with Crippen molar-refractivity contribution in [3.05, 3.63) is 59.6 Å². The fourth-order valence-corrected chi connectivity index (χ4v) is 2.73. The molecule has 1 heterocycles. The third kappa shape index (κ3) is 3.14. The van der Waals surface area contributed by atoms with Crippen molar-refractivity contribution in [2.75, 3.05) is 5.32 Å². The predicted molar refractivity (Wildman–Crippen MR) is 83.6 cm³/mol. The standard InChI is InChI=1S/C16H12N2O2S/c19-14(11-4-2-1-3-5-11)9-16(20)18-12-6-7-13-15(8-12)21-10-17-13/h1-8,10H,9H2,(H,18,20). The predicted octanol–water partition coefficient (Wildman–Crippen LogP) is 3.51. The molecular weight excluding hydrogens is 284 g/mol. The Morgan fingerprint density at radius 3 is 2.71 bits per heavy atom. The van der Waals surface area contributed by atoms with Crippen LogP contribution in [0.15, 0.2) is 54.0 Å². The van der Waals surface area contributed by atoms with Gasteiger partial charge in [-0.3, -0.25) is 9.59 Å². The quantitative estimate of drug-likeness (QED) is 0.592. The van der Waals surface area contributed by atoms with Crippen LogP contribution >= 0.6 is 11.3 Å². The molecule has 1 N–H and O–H groups in total. The van der Waals surface area contributed by atoms with Gasteiger partial charge in [-0.2, -0.15) is 0 Å². The summed E-state index contributed by atoms with van der Waals surface area (Å²) in [5.74, 6) is -0.500. The molecule has 0 aliphatic carbocycles. The van der Waals surface area contributed by atoms with Gasteiger partial charge in [-0.25, -0.2) is 4.98 Å². The van der Waals surface area contributed by atoms with E-state index in [-0.39, 0.29) is 18.1 Å². The Hall–Kier alpha value is -2.53. The molecule has 0 fully saturated rings. The van der Waals surface area contributed by atoms with Crippen molar-refractivity contribution >= 4 is 38.9 Å². The number of nitrogens with zero attached hydrogens (tertiary/aromatic N) is 1. The number of aromatic nitrogens is 1. The maximum Gasteiger partial charge on any atom is 0.232 e. The molecule has 4 nitrogen and oxygen atoms in total. The lowest BCUT2D eigenvalue weighted by Gasteiger charge is -2.05. The van der Waals surface area contributed by atoms with Crippen LogP contribution in [-0.4, -0.2) is 16.7 Å². The summed E-state index contributed by atoms with van der Waals surface area (Å²) in [7, 11) is 0. The number of nitrogens with one attached hydrogen (secondary N) is 1. The summed E-state index contributed by atoms with van der Waals surface area (Å²) in [5.41, 5.74) is 3.89. The molecule has 5 heteroatoms. The molecule has 1 amide bonds. The fourth-order valence-electron chi connectivity index (χ4n) is 2.01. The average Bonchev–Trinajstić information content (AvgIpc) is 2.95. The molecule has 0 aliphatic heterocycles. The van der Waals surface area contributed by atoms with E-state index in [0.717, 1.165) is 10.2 Å². The minimum Gasteiger partial charge on any atom is -0.326 e. The molecule has 104 valence electrons. The van der Waals surface area contributed by atoms with Crippen molar-refractivity contribution in [3.63, 3.8) is 0 Å². The lowest BCUT2D eigenvalue weighted by atomic mass is 10.1. The van der Waals surface area contributed by atoms with Crippen LogP contribution in [0.1, 0.15) is 16.8 Å². The largest absolute Gasteiger partial charge is 0.326 e. The van der Waals surface area contributed by atoms with Gasteiger partial charge < -0.3 is 5.32 Å². The number of thiazole rings is 1. The first-order valence-corrected chi connectivity index (χ1v) is 7.32. The van der Waals surface area contributed by atoms with E-state index in [1.165, 1.54) is 11.3 Å². The van der Waals surface area contributed by atoms with Crippen molar-refractivity contribution in [1.82, 2.24) is 4.98 Å². The van der Waals surface area contributed by atoms with Crippen molar-refractivity contribution in [1.29, 1.82) is 0 Å². The number of carbonyl (C=O) groups is 2. The van der Waals surface area contributed by atoms with E-state index in [4.69, 9.17) is 0 Å². The SMILES string of the molecule is O=C(CC(=O)c1ccccc1)Nc1ccc2ncsc2c1. The highest BCUT2D eigenvalue weighted by molar-refractivity contribution is 7.16. The van der Waals surface area contributed by atoms with E-state index < -0.39 is 0 Å². The second-order valence-electron chi connectivity index (χ2n) is 4.55. The highest BCUT2D eigenvalue weighted by Crippen LogP contribution is 2.21. The summed E-state index contributed by atoms with van der Waals surface area (Å²) >= 11 is 1.51. The number of ketones is 1. The van der Waals surface area contributed by atoms with Crippen LogP contribution in [0.5, 0.6) is 0 Å². The molecule has 2 aromatic carbocycles. The highest BCUT2D eigenvalue weighted by atomic mass is 32.1. The second kappa shape index (κ2) is 5.85. The van der Waals surface area contributed by atoms with Crippen LogP contribution in [0, 0.1) is 0 Å². The molecule has 0 atom stereocenters. The van der Waals surface area contributed by atoms with Crippen molar-refractivity contribution in [2.45, 2.75) is 6.42 Å². The van der Waals surface area contributed by atoms with Crippen molar-refractivity contribution < 1.29 is 9.59 Å². The lowest BCUT2D eigenvalue weighted by molar-refractivity contribution is -0.115. The summed E-state index contributed by atoms with van der Waals surface area (Å²) in [6.45, 7) is 0. The summed E-state index contributed by atoms with van der Waals surface area (Å²) < 4.78 is 1.00. The van der Waals surface area contributed by atoms with Gasteiger partial charge in [0, 0.05) is 11.3 Å².